The molecule has 1 fully saturated rings. The smallest absolute Gasteiger partial charge is 0.266 e. The van der Waals surface area contributed by atoms with Crippen LogP contribution in [0, 0.1) is 0 Å². The van der Waals surface area contributed by atoms with E-state index >= 15 is 0 Å². The third-order valence-corrected chi connectivity index (χ3v) is 4.91. The van der Waals surface area contributed by atoms with Crippen LogP contribution in [0.2, 0.25) is 0 Å². The normalized spacial score (nSPS) is 16.3. The van der Waals surface area contributed by atoms with E-state index in [4.69, 9.17) is 21.7 Å². The van der Waals surface area contributed by atoms with Crippen molar-refractivity contribution in [1.82, 2.24) is 4.90 Å². The first-order chi connectivity index (χ1) is 10.5. The highest BCUT2D eigenvalue weighted by atomic mass is 79.9. The van der Waals surface area contributed by atoms with Gasteiger partial charge in [-0.05, 0) is 39.7 Å². The third kappa shape index (κ3) is 3.37. The van der Waals surface area contributed by atoms with E-state index < -0.39 is 0 Å². The Morgan fingerprint density at radius 2 is 2.14 bits per heavy atom. The molecule has 1 aromatic carbocycles. The molecule has 7 heteroatoms. The van der Waals surface area contributed by atoms with E-state index in [1.54, 1.807) is 26.4 Å². The van der Waals surface area contributed by atoms with Gasteiger partial charge < -0.3 is 9.47 Å². The topological polar surface area (TPSA) is 38.8 Å². The van der Waals surface area contributed by atoms with Crippen molar-refractivity contribution in [2.75, 3.05) is 20.8 Å². The number of ether oxygens (including phenoxy) is 2. The Morgan fingerprint density at radius 1 is 1.41 bits per heavy atom. The van der Waals surface area contributed by atoms with Crippen LogP contribution in [0.3, 0.4) is 0 Å². The van der Waals surface area contributed by atoms with Gasteiger partial charge in [0.25, 0.3) is 5.91 Å². The minimum Gasteiger partial charge on any atom is -0.493 e. The summed E-state index contributed by atoms with van der Waals surface area (Å²) in [5.41, 5.74) is 0.823. The Morgan fingerprint density at radius 3 is 2.73 bits per heavy atom. The largest absolute Gasteiger partial charge is 0.493 e. The fraction of sp³-hybridized carbons (Fsp3) is 0.200. The van der Waals surface area contributed by atoms with Crippen molar-refractivity contribution in [3.05, 3.63) is 39.7 Å². The summed E-state index contributed by atoms with van der Waals surface area (Å²) in [7, 11) is 3.14. The Kier molecular flexibility index (Phi) is 5.66. The fourth-order valence-electron chi connectivity index (χ4n) is 1.96. The Bertz CT molecular complexity index is 673. The predicted molar refractivity (Wildman–Crippen MR) is 97.3 cm³/mol. The molecule has 1 amide bonds. The number of thioether (sulfide) groups is 1. The zero-order valence-electron chi connectivity index (χ0n) is 12.1. The summed E-state index contributed by atoms with van der Waals surface area (Å²) in [6, 6.07) is 3.67. The second-order valence-electron chi connectivity index (χ2n) is 4.32. The molecule has 2 rings (SSSR count). The fourth-order valence-corrected chi connectivity index (χ4v) is 3.86. The van der Waals surface area contributed by atoms with Gasteiger partial charge in [0.15, 0.2) is 11.5 Å². The number of hydrogen-bond donors (Lipinski definition) is 0. The molecule has 1 saturated heterocycles. The first kappa shape index (κ1) is 17.1. The van der Waals surface area contributed by atoms with Crippen LogP contribution in [0.1, 0.15) is 5.56 Å². The highest BCUT2D eigenvalue weighted by Crippen LogP contribution is 2.38. The summed E-state index contributed by atoms with van der Waals surface area (Å²) in [6.45, 7) is 4.05. The quantitative estimate of drug-likeness (QED) is 0.427. The van der Waals surface area contributed by atoms with Gasteiger partial charge in [-0.25, -0.2) is 0 Å². The summed E-state index contributed by atoms with van der Waals surface area (Å²) in [5, 5.41) is 0. The predicted octanol–water partition coefficient (Wildman–Crippen LogP) is 3.85. The molecule has 0 atom stereocenters. The molecule has 0 unspecified atom stereocenters. The van der Waals surface area contributed by atoms with Gasteiger partial charge in [-0.1, -0.05) is 30.1 Å². The van der Waals surface area contributed by atoms with Crippen LogP contribution in [-0.4, -0.2) is 35.9 Å². The highest BCUT2D eigenvalue weighted by Gasteiger charge is 2.31. The van der Waals surface area contributed by atoms with Crippen LogP contribution in [0.15, 0.2) is 34.2 Å². The van der Waals surface area contributed by atoms with Gasteiger partial charge in [0, 0.05) is 6.54 Å². The maximum Gasteiger partial charge on any atom is 0.266 e. The van der Waals surface area contributed by atoms with Gasteiger partial charge in [-0.3, -0.25) is 9.69 Å². The zero-order chi connectivity index (χ0) is 16.3. The van der Waals surface area contributed by atoms with E-state index in [1.165, 1.54) is 16.7 Å². The molecule has 22 heavy (non-hydrogen) atoms. The summed E-state index contributed by atoms with van der Waals surface area (Å²) in [6.07, 6.45) is 3.44. The molecular weight excluding hydrogens is 386 g/mol. The number of carbonyl (C=O) groups excluding carboxylic acids is 1. The molecule has 0 radical (unpaired) electrons. The molecule has 0 spiro atoms. The standard InChI is InChI=1S/C15H14BrNO3S2/c1-4-5-17-14(18)12(22-15(17)21)8-9-6-10(16)13(20-3)11(7-9)19-2/h4,6-8H,1,5H2,2-3H3/b12-8+. The van der Waals surface area contributed by atoms with Crippen molar-refractivity contribution in [3.8, 4) is 11.5 Å². The first-order valence-corrected chi connectivity index (χ1v) is 8.31. The van der Waals surface area contributed by atoms with Gasteiger partial charge in [-0.15, -0.1) is 6.58 Å². The number of halogens is 1. The maximum atomic E-state index is 12.3. The van der Waals surface area contributed by atoms with E-state index in [0.29, 0.717) is 27.3 Å². The number of hydrogen-bond acceptors (Lipinski definition) is 5. The van der Waals surface area contributed by atoms with E-state index in [2.05, 4.69) is 22.5 Å². The zero-order valence-corrected chi connectivity index (χ0v) is 15.3. The highest BCUT2D eigenvalue weighted by molar-refractivity contribution is 9.10. The third-order valence-electron chi connectivity index (χ3n) is 2.94. The van der Waals surface area contributed by atoms with E-state index in [1.807, 2.05) is 12.1 Å². The minimum absolute atomic E-state index is 0.110. The average molecular weight is 400 g/mol. The monoisotopic (exact) mass is 399 g/mol. The molecule has 0 saturated carbocycles. The number of nitrogens with zero attached hydrogens (tertiary/aromatic N) is 1. The molecule has 116 valence electrons. The molecule has 4 nitrogen and oxygen atoms in total. The number of amides is 1. The summed E-state index contributed by atoms with van der Waals surface area (Å²) < 4.78 is 11.9. The summed E-state index contributed by atoms with van der Waals surface area (Å²) >= 11 is 9.93. The molecular formula is C15H14BrNO3S2. The van der Waals surface area contributed by atoms with Gasteiger partial charge in [0.2, 0.25) is 0 Å². The van der Waals surface area contributed by atoms with Crippen LogP contribution in [0.5, 0.6) is 11.5 Å². The first-order valence-electron chi connectivity index (χ1n) is 6.29. The Hall–Kier alpha value is -1.31. The van der Waals surface area contributed by atoms with Crippen molar-refractivity contribution in [1.29, 1.82) is 0 Å². The number of benzene rings is 1. The molecule has 0 bridgehead atoms. The molecule has 1 heterocycles. The number of thiocarbonyl (C=S) groups is 1. The van der Waals surface area contributed by atoms with Crippen molar-refractivity contribution < 1.29 is 14.3 Å². The number of carbonyl (C=O) groups is 1. The molecule has 0 aliphatic carbocycles. The van der Waals surface area contributed by atoms with Crippen molar-refractivity contribution >= 4 is 56.2 Å². The van der Waals surface area contributed by atoms with E-state index in [0.717, 1.165) is 10.0 Å². The van der Waals surface area contributed by atoms with Crippen molar-refractivity contribution in [2.24, 2.45) is 0 Å². The lowest BCUT2D eigenvalue weighted by atomic mass is 10.2. The number of methoxy groups -OCH3 is 2. The van der Waals surface area contributed by atoms with E-state index in [-0.39, 0.29) is 5.91 Å². The average Bonchev–Trinajstić information content (AvgIpc) is 2.74. The van der Waals surface area contributed by atoms with Crippen molar-refractivity contribution in [2.45, 2.75) is 0 Å². The van der Waals surface area contributed by atoms with E-state index in [9.17, 15) is 4.79 Å². The van der Waals surface area contributed by atoms with Crippen LogP contribution >= 0.6 is 39.9 Å². The maximum absolute atomic E-state index is 12.3. The summed E-state index contributed by atoms with van der Waals surface area (Å²) in [5.74, 6) is 1.09. The van der Waals surface area contributed by atoms with Crippen LogP contribution in [-0.2, 0) is 4.79 Å². The SMILES string of the molecule is C=CCN1C(=O)/C(=C\c2cc(Br)c(OC)c(OC)c2)SC1=S. The molecule has 1 aromatic rings. The van der Waals surface area contributed by atoms with Crippen LogP contribution < -0.4 is 9.47 Å². The van der Waals surface area contributed by atoms with Crippen molar-refractivity contribution in [3.63, 3.8) is 0 Å². The lowest BCUT2D eigenvalue weighted by Gasteiger charge is -2.11. The van der Waals surface area contributed by atoms with Gasteiger partial charge >= 0.3 is 0 Å². The molecule has 1 aliphatic rings. The summed E-state index contributed by atoms with van der Waals surface area (Å²) in [4.78, 5) is 14.4. The molecule has 1 aliphatic heterocycles. The molecule has 0 N–H and O–H groups in total. The second-order valence-corrected chi connectivity index (χ2v) is 6.85. The van der Waals surface area contributed by atoms with Crippen LogP contribution in [0.4, 0.5) is 0 Å². The number of rotatable bonds is 5. The Balaban J connectivity index is 2.38. The molecule has 0 aromatic heterocycles. The van der Waals surface area contributed by atoms with Gasteiger partial charge in [-0.2, -0.15) is 0 Å². The second kappa shape index (κ2) is 7.30. The lowest BCUT2D eigenvalue weighted by molar-refractivity contribution is -0.121. The van der Waals surface area contributed by atoms with Gasteiger partial charge in [0.1, 0.15) is 4.32 Å². The van der Waals surface area contributed by atoms with Crippen LogP contribution in [0.25, 0.3) is 6.08 Å². The Labute approximate surface area is 147 Å². The van der Waals surface area contributed by atoms with Gasteiger partial charge in [0.05, 0.1) is 23.6 Å². The minimum atomic E-state index is -0.110. The lowest BCUT2D eigenvalue weighted by Crippen LogP contribution is -2.27.